The van der Waals surface area contributed by atoms with E-state index in [0.29, 0.717) is 40.9 Å². The molecule has 29 heavy (non-hydrogen) atoms. The summed E-state index contributed by atoms with van der Waals surface area (Å²) >= 11 is 0. The first-order valence-electron chi connectivity index (χ1n) is 8.49. The van der Waals surface area contributed by atoms with Crippen molar-refractivity contribution < 1.29 is 23.4 Å². The van der Waals surface area contributed by atoms with Crippen LogP contribution in [0.4, 0.5) is 5.82 Å². The number of carbonyl (C=O) groups excluding carboxylic acids is 1. The number of rotatable bonds is 8. The Balaban J connectivity index is 0.00000300. The van der Waals surface area contributed by atoms with E-state index in [1.807, 2.05) is 6.07 Å². The fourth-order valence-electron chi connectivity index (χ4n) is 2.81. The minimum atomic E-state index is -0.315. The highest BCUT2D eigenvalue weighted by atomic mass is 35.5. The van der Waals surface area contributed by atoms with Crippen LogP contribution < -0.4 is 25.3 Å². The highest BCUT2D eigenvalue weighted by Gasteiger charge is 2.18. The lowest BCUT2D eigenvalue weighted by Crippen LogP contribution is -2.16. The standard InChI is InChI=1S/C19H22N4O5.ClH/c1-25-15-5-4-12(17(26-2)18(15)27-3)10-23-16(6-7-21-23)22-19(24)13-8-14(9-20)28-11-13;/h4-8,11H,9-10,20H2,1-3H3,(H,22,24);1H. The topological polar surface area (TPSA) is 114 Å². The van der Waals surface area contributed by atoms with Gasteiger partial charge in [0.1, 0.15) is 17.8 Å². The summed E-state index contributed by atoms with van der Waals surface area (Å²) < 4.78 is 23.1. The number of halogens is 1. The van der Waals surface area contributed by atoms with E-state index in [0.717, 1.165) is 5.56 Å². The summed E-state index contributed by atoms with van der Waals surface area (Å²) in [6.07, 6.45) is 2.97. The SMILES string of the molecule is COc1ccc(Cn2nccc2NC(=O)c2coc(CN)c2)c(OC)c1OC.Cl. The number of nitrogens with zero attached hydrogens (tertiary/aromatic N) is 2. The quantitative estimate of drug-likeness (QED) is 0.573. The lowest BCUT2D eigenvalue weighted by atomic mass is 10.1. The molecule has 0 unspecified atom stereocenters. The molecule has 1 aromatic carbocycles. The summed E-state index contributed by atoms with van der Waals surface area (Å²) in [4.78, 5) is 12.4. The van der Waals surface area contributed by atoms with E-state index in [9.17, 15) is 4.79 Å². The Morgan fingerprint density at radius 2 is 1.93 bits per heavy atom. The third-order valence-electron chi connectivity index (χ3n) is 4.18. The highest BCUT2D eigenvalue weighted by Crippen LogP contribution is 2.40. The van der Waals surface area contributed by atoms with Crippen LogP contribution in [-0.2, 0) is 13.1 Å². The molecular formula is C19H23ClN4O5. The molecule has 0 bridgehead atoms. The Morgan fingerprint density at radius 1 is 1.17 bits per heavy atom. The fraction of sp³-hybridized carbons (Fsp3) is 0.263. The Morgan fingerprint density at radius 3 is 2.55 bits per heavy atom. The second kappa shape index (κ2) is 9.85. The van der Waals surface area contributed by atoms with Gasteiger partial charge in [-0.1, -0.05) is 0 Å². The summed E-state index contributed by atoms with van der Waals surface area (Å²) in [7, 11) is 4.66. The predicted molar refractivity (Wildman–Crippen MR) is 109 cm³/mol. The van der Waals surface area contributed by atoms with Crippen molar-refractivity contribution in [2.45, 2.75) is 13.1 Å². The van der Waals surface area contributed by atoms with E-state index in [1.54, 1.807) is 50.4 Å². The maximum atomic E-state index is 12.4. The molecule has 0 saturated carbocycles. The first-order chi connectivity index (χ1) is 13.6. The molecule has 9 nitrogen and oxygen atoms in total. The number of amides is 1. The molecule has 3 rings (SSSR count). The van der Waals surface area contributed by atoms with E-state index in [2.05, 4.69) is 10.4 Å². The van der Waals surface area contributed by atoms with Crippen molar-refractivity contribution in [3.05, 3.63) is 53.6 Å². The van der Waals surface area contributed by atoms with Gasteiger partial charge < -0.3 is 29.7 Å². The van der Waals surface area contributed by atoms with Gasteiger partial charge >= 0.3 is 0 Å². The van der Waals surface area contributed by atoms with Crippen molar-refractivity contribution in [2.24, 2.45) is 5.73 Å². The van der Waals surface area contributed by atoms with Crippen LogP contribution in [0, 0.1) is 0 Å². The zero-order valence-electron chi connectivity index (χ0n) is 16.3. The van der Waals surface area contributed by atoms with Crippen LogP contribution in [0.1, 0.15) is 21.7 Å². The van der Waals surface area contributed by atoms with Crippen LogP contribution in [0.25, 0.3) is 0 Å². The third-order valence-corrected chi connectivity index (χ3v) is 4.18. The van der Waals surface area contributed by atoms with E-state index >= 15 is 0 Å². The number of nitrogens with one attached hydrogen (secondary N) is 1. The zero-order chi connectivity index (χ0) is 20.1. The van der Waals surface area contributed by atoms with E-state index < -0.39 is 0 Å². The van der Waals surface area contributed by atoms with Gasteiger partial charge in [-0.05, 0) is 18.2 Å². The molecule has 0 spiro atoms. The molecule has 3 N–H and O–H groups in total. The summed E-state index contributed by atoms with van der Waals surface area (Å²) in [6.45, 7) is 0.579. The average Bonchev–Trinajstić information content (AvgIpc) is 3.37. The molecule has 0 radical (unpaired) electrons. The lowest BCUT2D eigenvalue weighted by Gasteiger charge is -2.16. The molecule has 0 atom stereocenters. The van der Waals surface area contributed by atoms with Crippen LogP contribution >= 0.6 is 12.4 Å². The molecule has 2 aromatic heterocycles. The first kappa shape index (κ1) is 22.1. The van der Waals surface area contributed by atoms with Gasteiger partial charge in [0.15, 0.2) is 11.5 Å². The number of hydrogen-bond donors (Lipinski definition) is 2. The monoisotopic (exact) mass is 422 g/mol. The molecule has 0 aliphatic heterocycles. The van der Waals surface area contributed by atoms with Crippen molar-refractivity contribution in [2.75, 3.05) is 26.6 Å². The molecule has 3 aromatic rings. The number of hydrogen-bond acceptors (Lipinski definition) is 7. The molecular weight excluding hydrogens is 400 g/mol. The summed E-state index contributed by atoms with van der Waals surface area (Å²) in [5, 5.41) is 7.10. The van der Waals surface area contributed by atoms with Crippen molar-refractivity contribution in [1.82, 2.24) is 9.78 Å². The van der Waals surface area contributed by atoms with Gasteiger partial charge in [-0.3, -0.25) is 4.79 Å². The maximum absolute atomic E-state index is 12.4. The van der Waals surface area contributed by atoms with Gasteiger partial charge in [-0.15, -0.1) is 12.4 Å². The first-order valence-corrected chi connectivity index (χ1v) is 8.49. The molecule has 0 saturated heterocycles. The predicted octanol–water partition coefficient (Wildman–Crippen LogP) is 2.68. The second-order valence-electron chi connectivity index (χ2n) is 5.83. The average molecular weight is 423 g/mol. The van der Waals surface area contributed by atoms with Crippen LogP contribution in [-0.4, -0.2) is 37.0 Å². The third kappa shape index (κ3) is 4.64. The lowest BCUT2D eigenvalue weighted by molar-refractivity contribution is 0.102. The molecule has 0 aliphatic rings. The van der Waals surface area contributed by atoms with Crippen LogP contribution in [0.3, 0.4) is 0 Å². The zero-order valence-corrected chi connectivity index (χ0v) is 17.1. The van der Waals surface area contributed by atoms with Crippen molar-refractivity contribution >= 4 is 24.1 Å². The number of ether oxygens (including phenoxy) is 3. The summed E-state index contributed by atoms with van der Waals surface area (Å²) in [5.41, 5.74) is 6.71. The number of anilines is 1. The summed E-state index contributed by atoms with van der Waals surface area (Å²) in [5.74, 6) is 2.34. The summed E-state index contributed by atoms with van der Waals surface area (Å²) in [6, 6.07) is 6.96. The van der Waals surface area contributed by atoms with E-state index in [1.165, 1.54) is 6.26 Å². The van der Waals surface area contributed by atoms with Crippen molar-refractivity contribution in [3.63, 3.8) is 0 Å². The highest BCUT2D eigenvalue weighted by molar-refractivity contribution is 6.03. The van der Waals surface area contributed by atoms with Gasteiger partial charge in [0.05, 0.1) is 46.2 Å². The normalized spacial score (nSPS) is 10.2. The Bertz CT molecular complexity index is 969. The molecule has 156 valence electrons. The smallest absolute Gasteiger partial charge is 0.260 e. The molecule has 0 aliphatic carbocycles. The van der Waals surface area contributed by atoms with Gasteiger partial charge in [-0.2, -0.15) is 5.10 Å². The van der Waals surface area contributed by atoms with Gasteiger partial charge in [0, 0.05) is 11.6 Å². The molecule has 1 amide bonds. The van der Waals surface area contributed by atoms with Gasteiger partial charge in [0.25, 0.3) is 5.91 Å². The van der Waals surface area contributed by atoms with Crippen LogP contribution in [0.5, 0.6) is 17.2 Å². The number of nitrogens with two attached hydrogens (primary N) is 1. The number of benzene rings is 1. The number of carbonyl (C=O) groups is 1. The molecule has 0 fully saturated rings. The van der Waals surface area contributed by atoms with E-state index in [-0.39, 0.29) is 24.9 Å². The van der Waals surface area contributed by atoms with Crippen LogP contribution in [0.15, 0.2) is 41.1 Å². The van der Waals surface area contributed by atoms with Crippen LogP contribution in [0.2, 0.25) is 0 Å². The maximum Gasteiger partial charge on any atom is 0.260 e. The molecule has 10 heteroatoms. The van der Waals surface area contributed by atoms with Crippen molar-refractivity contribution in [3.8, 4) is 17.2 Å². The van der Waals surface area contributed by atoms with E-state index in [4.69, 9.17) is 24.4 Å². The second-order valence-corrected chi connectivity index (χ2v) is 5.83. The largest absolute Gasteiger partial charge is 0.493 e. The Hall–Kier alpha value is -3.17. The Labute approximate surface area is 174 Å². The fourth-order valence-corrected chi connectivity index (χ4v) is 2.81. The van der Waals surface area contributed by atoms with Gasteiger partial charge in [0.2, 0.25) is 5.75 Å². The minimum Gasteiger partial charge on any atom is -0.493 e. The van der Waals surface area contributed by atoms with Crippen molar-refractivity contribution in [1.29, 1.82) is 0 Å². The molecule has 2 heterocycles. The van der Waals surface area contributed by atoms with Gasteiger partial charge in [-0.25, -0.2) is 4.68 Å². The Kier molecular flexibility index (Phi) is 7.52. The number of aromatic nitrogens is 2. The minimum absolute atomic E-state index is 0. The number of furan rings is 1. The number of methoxy groups -OCH3 is 3.